The lowest BCUT2D eigenvalue weighted by molar-refractivity contribution is -0.914. The summed E-state index contributed by atoms with van der Waals surface area (Å²) in [6, 6.07) is 15.2. The van der Waals surface area contributed by atoms with Gasteiger partial charge in [0.15, 0.2) is 0 Å². The number of carboxylic acid groups (broad SMARTS) is 1. The van der Waals surface area contributed by atoms with Crippen LogP contribution in [0.5, 0.6) is 0 Å². The fourth-order valence-corrected chi connectivity index (χ4v) is 3.15. The second-order valence-corrected chi connectivity index (χ2v) is 6.59. The van der Waals surface area contributed by atoms with Gasteiger partial charge < -0.3 is 14.8 Å². The molecule has 5 nitrogen and oxygen atoms in total. The third kappa shape index (κ3) is 4.81. The number of carbonyl (C=O) groups is 1. The van der Waals surface area contributed by atoms with Crippen molar-refractivity contribution in [2.75, 3.05) is 18.5 Å². The highest BCUT2D eigenvalue weighted by Gasteiger charge is 2.18. The van der Waals surface area contributed by atoms with Crippen LogP contribution in [0.25, 0.3) is 0 Å². The van der Waals surface area contributed by atoms with Crippen LogP contribution in [-0.4, -0.2) is 24.8 Å². The topological polar surface area (TPSA) is 69.0 Å². The number of quaternary nitrogens is 1. The summed E-state index contributed by atoms with van der Waals surface area (Å²) in [4.78, 5) is 12.6. The molecule has 1 fully saturated rings. The second kappa shape index (κ2) is 8.14. The molecule has 0 aliphatic carbocycles. The highest BCUT2D eigenvalue weighted by molar-refractivity contribution is 6.33. The van der Waals surface area contributed by atoms with E-state index in [9.17, 15) is 9.90 Å². The van der Waals surface area contributed by atoms with Crippen molar-refractivity contribution in [3.63, 3.8) is 0 Å². The largest absolute Gasteiger partial charge is 0.545 e. The van der Waals surface area contributed by atoms with E-state index < -0.39 is 5.97 Å². The molecule has 130 valence electrons. The Kier molecular flexibility index (Phi) is 5.68. The molecule has 1 aliphatic heterocycles. The number of likely N-dealkylation sites (tertiary alicyclic amines) is 1. The number of halogens is 1. The molecule has 25 heavy (non-hydrogen) atoms. The van der Waals surface area contributed by atoms with Gasteiger partial charge in [0.2, 0.25) is 0 Å². The fraction of sp³-hybridized carbons (Fsp3) is 0.263. The predicted molar refractivity (Wildman–Crippen MR) is 96.9 cm³/mol. The molecule has 1 saturated heterocycles. The number of hydrogen-bond acceptors (Lipinski definition) is 4. The van der Waals surface area contributed by atoms with Crippen molar-refractivity contribution in [1.82, 2.24) is 0 Å². The molecule has 2 aromatic rings. The minimum atomic E-state index is -1.29. The molecule has 0 saturated carbocycles. The van der Waals surface area contributed by atoms with Crippen molar-refractivity contribution >= 4 is 29.0 Å². The average Bonchev–Trinajstić information content (AvgIpc) is 2.63. The molecular formula is C19H20ClN3O2. The van der Waals surface area contributed by atoms with Gasteiger partial charge in [0.1, 0.15) is 6.54 Å². The Balaban J connectivity index is 1.54. The first-order valence-electron chi connectivity index (χ1n) is 8.31. The molecule has 0 atom stereocenters. The van der Waals surface area contributed by atoms with Crippen LogP contribution in [0.3, 0.4) is 0 Å². The third-order valence-electron chi connectivity index (χ3n) is 4.36. The first-order chi connectivity index (χ1) is 12.1. The van der Waals surface area contributed by atoms with Gasteiger partial charge >= 0.3 is 0 Å². The van der Waals surface area contributed by atoms with E-state index in [1.54, 1.807) is 11.0 Å². The number of aromatic carboxylic acids is 1. The number of nitrogens with zero attached hydrogens (tertiary/aromatic N) is 1. The van der Waals surface area contributed by atoms with Gasteiger partial charge in [-0.1, -0.05) is 41.9 Å². The summed E-state index contributed by atoms with van der Waals surface area (Å²) in [5.41, 5.74) is 5.94. The van der Waals surface area contributed by atoms with E-state index in [0.717, 1.165) is 38.2 Å². The third-order valence-corrected chi connectivity index (χ3v) is 4.69. The molecular weight excluding hydrogens is 338 g/mol. The van der Waals surface area contributed by atoms with E-state index in [1.807, 2.05) is 6.07 Å². The Hall–Kier alpha value is -2.37. The minimum absolute atomic E-state index is 0.0333. The van der Waals surface area contributed by atoms with E-state index in [2.05, 4.69) is 34.8 Å². The van der Waals surface area contributed by atoms with Gasteiger partial charge in [-0.15, -0.1) is 0 Å². The van der Waals surface area contributed by atoms with Gasteiger partial charge in [0.05, 0.1) is 24.7 Å². The standard InChI is InChI=1S/C19H20ClN3O2/c20-18-7-6-16(12-17(18)19(24)25)22-21-15-8-10-23(11-9-15)13-14-4-2-1-3-5-14/h1-7,12,22H,8-11,13H2,(H,24,25). The first-order valence-corrected chi connectivity index (χ1v) is 8.69. The molecule has 1 aliphatic rings. The average molecular weight is 358 g/mol. The Bertz CT molecular complexity index is 767. The molecule has 0 aromatic heterocycles. The lowest BCUT2D eigenvalue weighted by Crippen LogP contribution is -3.11. The summed E-state index contributed by atoms with van der Waals surface area (Å²) in [6.07, 6.45) is 1.85. The maximum absolute atomic E-state index is 11.0. The highest BCUT2D eigenvalue weighted by Crippen LogP contribution is 2.20. The zero-order chi connectivity index (χ0) is 17.6. The number of carbonyl (C=O) groups excluding carboxylic acids is 1. The fourth-order valence-electron chi connectivity index (χ4n) is 2.96. The number of nitrogens with one attached hydrogen (secondary N) is 2. The Morgan fingerprint density at radius 1 is 1.16 bits per heavy atom. The van der Waals surface area contributed by atoms with E-state index in [1.165, 1.54) is 17.7 Å². The summed E-state index contributed by atoms with van der Waals surface area (Å²) in [6.45, 7) is 3.12. The van der Waals surface area contributed by atoms with E-state index in [0.29, 0.717) is 5.69 Å². The summed E-state index contributed by atoms with van der Waals surface area (Å²) >= 11 is 5.84. The van der Waals surface area contributed by atoms with Gasteiger partial charge in [-0.3, -0.25) is 5.43 Å². The lowest BCUT2D eigenvalue weighted by atomic mass is 10.1. The number of anilines is 1. The molecule has 2 aromatic carbocycles. The van der Waals surface area contributed by atoms with Crippen molar-refractivity contribution in [1.29, 1.82) is 0 Å². The van der Waals surface area contributed by atoms with Gasteiger partial charge in [-0.25, -0.2) is 0 Å². The molecule has 0 radical (unpaired) electrons. The number of piperidine rings is 1. The zero-order valence-corrected chi connectivity index (χ0v) is 14.6. The van der Waals surface area contributed by atoms with Gasteiger partial charge in [-0.2, -0.15) is 5.10 Å². The molecule has 1 heterocycles. The van der Waals surface area contributed by atoms with Crippen LogP contribution in [0.1, 0.15) is 28.8 Å². The first kappa shape index (κ1) is 17.5. The number of benzene rings is 2. The maximum atomic E-state index is 11.0. The molecule has 3 rings (SSSR count). The van der Waals surface area contributed by atoms with Gasteiger partial charge in [0, 0.05) is 34.7 Å². The smallest absolute Gasteiger partial charge is 0.103 e. The molecule has 0 unspecified atom stereocenters. The Morgan fingerprint density at radius 2 is 1.88 bits per heavy atom. The number of carboxylic acids is 1. The molecule has 0 amide bonds. The zero-order valence-electron chi connectivity index (χ0n) is 13.8. The molecule has 0 bridgehead atoms. The monoisotopic (exact) mass is 357 g/mol. The van der Waals surface area contributed by atoms with Crippen LogP contribution >= 0.6 is 11.6 Å². The van der Waals surface area contributed by atoms with Crippen LogP contribution in [0.2, 0.25) is 5.02 Å². The lowest BCUT2D eigenvalue weighted by Gasteiger charge is -2.24. The predicted octanol–water partition coefficient (Wildman–Crippen LogP) is 1.35. The normalized spacial score (nSPS) is 17.2. The van der Waals surface area contributed by atoms with E-state index in [4.69, 9.17) is 11.6 Å². The molecule has 0 spiro atoms. The number of hydrogen-bond donors (Lipinski definition) is 2. The van der Waals surface area contributed by atoms with Crippen LogP contribution < -0.4 is 15.4 Å². The van der Waals surface area contributed by atoms with Crippen LogP contribution in [0, 0.1) is 0 Å². The van der Waals surface area contributed by atoms with Crippen molar-refractivity contribution in [3.05, 3.63) is 64.7 Å². The van der Waals surface area contributed by atoms with E-state index in [-0.39, 0.29) is 10.6 Å². The van der Waals surface area contributed by atoms with Gasteiger partial charge in [-0.05, 0) is 18.2 Å². The summed E-state index contributed by atoms with van der Waals surface area (Å²) in [7, 11) is 0. The molecule has 2 N–H and O–H groups in total. The van der Waals surface area contributed by atoms with Crippen molar-refractivity contribution < 1.29 is 14.8 Å². The minimum Gasteiger partial charge on any atom is -0.545 e. The van der Waals surface area contributed by atoms with Gasteiger partial charge in [0.25, 0.3) is 0 Å². The quantitative estimate of drug-likeness (QED) is 0.794. The van der Waals surface area contributed by atoms with E-state index >= 15 is 0 Å². The summed E-state index contributed by atoms with van der Waals surface area (Å²) in [5.74, 6) is -1.29. The van der Waals surface area contributed by atoms with Crippen LogP contribution in [0.4, 0.5) is 5.69 Å². The van der Waals surface area contributed by atoms with Crippen molar-refractivity contribution in [2.24, 2.45) is 5.10 Å². The highest BCUT2D eigenvalue weighted by atomic mass is 35.5. The SMILES string of the molecule is O=C([O-])c1cc(NN=C2CC[NH+](Cc3ccccc3)CC2)ccc1Cl. The Labute approximate surface area is 151 Å². The second-order valence-electron chi connectivity index (χ2n) is 6.18. The maximum Gasteiger partial charge on any atom is 0.103 e. The summed E-state index contributed by atoms with van der Waals surface area (Å²) < 4.78 is 0. The van der Waals surface area contributed by atoms with Crippen molar-refractivity contribution in [2.45, 2.75) is 19.4 Å². The van der Waals surface area contributed by atoms with Crippen LogP contribution in [-0.2, 0) is 6.54 Å². The number of rotatable bonds is 5. The van der Waals surface area contributed by atoms with Crippen molar-refractivity contribution in [3.8, 4) is 0 Å². The Morgan fingerprint density at radius 3 is 2.56 bits per heavy atom. The molecule has 6 heteroatoms. The number of hydrazone groups is 1. The summed E-state index contributed by atoms with van der Waals surface area (Å²) in [5, 5.41) is 15.6. The van der Waals surface area contributed by atoms with Crippen LogP contribution in [0.15, 0.2) is 53.6 Å².